The molecule has 1 aromatic carbocycles. The van der Waals surface area contributed by atoms with E-state index in [4.69, 9.17) is 11.6 Å². The molecule has 3 heteroatoms. The summed E-state index contributed by atoms with van der Waals surface area (Å²) in [5, 5.41) is 11.0. The lowest BCUT2D eigenvalue weighted by molar-refractivity contribution is 0.0726. The third kappa shape index (κ3) is 4.96. The highest BCUT2D eigenvalue weighted by Gasteiger charge is 2.26. The van der Waals surface area contributed by atoms with E-state index in [1.54, 1.807) is 6.07 Å². The summed E-state index contributed by atoms with van der Waals surface area (Å²) in [7, 11) is 0. The van der Waals surface area contributed by atoms with Crippen LogP contribution < -0.4 is 0 Å². The Morgan fingerprint density at radius 1 is 1.29 bits per heavy atom. The van der Waals surface area contributed by atoms with Gasteiger partial charge in [-0.2, -0.15) is 0 Å². The molecule has 1 unspecified atom stereocenters. The molecule has 1 aromatic rings. The van der Waals surface area contributed by atoms with Crippen molar-refractivity contribution in [3.05, 3.63) is 34.6 Å². The first kappa shape index (κ1) is 16.8. The Labute approximate surface area is 132 Å². The quantitative estimate of drug-likeness (QED) is 0.747. The molecular formula is C18H26ClFO. The summed E-state index contributed by atoms with van der Waals surface area (Å²) in [6.45, 7) is 2.23. The van der Waals surface area contributed by atoms with Gasteiger partial charge in [-0.1, -0.05) is 50.6 Å². The predicted octanol–water partition coefficient (Wildman–Crippen LogP) is 5.38. The van der Waals surface area contributed by atoms with Gasteiger partial charge in [0, 0.05) is 11.4 Å². The molecular weight excluding hydrogens is 287 g/mol. The summed E-state index contributed by atoms with van der Waals surface area (Å²) in [5.74, 6) is 0.887. The maximum absolute atomic E-state index is 13.3. The zero-order chi connectivity index (χ0) is 15.2. The van der Waals surface area contributed by atoms with Crippen molar-refractivity contribution in [2.45, 2.75) is 64.4 Å². The number of rotatable bonds is 6. The van der Waals surface area contributed by atoms with Gasteiger partial charge in [0.1, 0.15) is 5.82 Å². The zero-order valence-corrected chi connectivity index (χ0v) is 13.6. The van der Waals surface area contributed by atoms with Crippen molar-refractivity contribution >= 4 is 11.6 Å². The smallest absolute Gasteiger partial charge is 0.123 e. The van der Waals surface area contributed by atoms with Crippen molar-refractivity contribution < 1.29 is 9.50 Å². The van der Waals surface area contributed by atoms with E-state index in [-0.39, 0.29) is 5.82 Å². The molecule has 0 bridgehead atoms. The van der Waals surface area contributed by atoms with Crippen LogP contribution in [0.1, 0.15) is 57.4 Å². The Morgan fingerprint density at radius 2 is 2.00 bits per heavy atom. The van der Waals surface area contributed by atoms with Gasteiger partial charge in [0.05, 0.1) is 6.10 Å². The molecule has 118 valence electrons. The first-order chi connectivity index (χ1) is 10.1. The maximum atomic E-state index is 13.3. The van der Waals surface area contributed by atoms with Crippen molar-refractivity contribution in [1.29, 1.82) is 0 Å². The minimum Gasteiger partial charge on any atom is -0.392 e. The average Bonchev–Trinajstić information content (AvgIpc) is 2.49. The highest BCUT2D eigenvalue weighted by molar-refractivity contribution is 6.31. The van der Waals surface area contributed by atoms with Gasteiger partial charge in [0.15, 0.2) is 0 Å². The van der Waals surface area contributed by atoms with Gasteiger partial charge in [-0.3, -0.25) is 0 Å². The van der Waals surface area contributed by atoms with Crippen LogP contribution in [0.5, 0.6) is 0 Å². The maximum Gasteiger partial charge on any atom is 0.123 e. The van der Waals surface area contributed by atoms with Crippen molar-refractivity contribution in [3.63, 3.8) is 0 Å². The Balaban J connectivity index is 1.84. The van der Waals surface area contributed by atoms with Gasteiger partial charge >= 0.3 is 0 Å². The second kappa shape index (κ2) is 8.14. The van der Waals surface area contributed by atoms with Crippen LogP contribution in [0.2, 0.25) is 5.02 Å². The van der Waals surface area contributed by atoms with Crippen LogP contribution in [-0.4, -0.2) is 11.2 Å². The van der Waals surface area contributed by atoms with E-state index in [2.05, 4.69) is 6.92 Å². The molecule has 1 nitrogen and oxygen atoms in total. The van der Waals surface area contributed by atoms with Crippen molar-refractivity contribution in [2.75, 3.05) is 0 Å². The minimum atomic E-state index is -0.406. The average molecular weight is 313 g/mol. The molecule has 0 amide bonds. The lowest BCUT2D eigenvalue weighted by Gasteiger charge is -2.31. The molecule has 1 aliphatic rings. The number of aliphatic hydroxyl groups is 1. The van der Waals surface area contributed by atoms with Crippen LogP contribution in [-0.2, 0) is 6.42 Å². The SMILES string of the molecule is CCCCC1CCC(C(O)Cc2cc(F)ccc2Cl)CC1. The molecule has 2 rings (SSSR count). The van der Waals surface area contributed by atoms with Crippen LogP contribution in [0.4, 0.5) is 4.39 Å². The first-order valence-corrected chi connectivity index (χ1v) is 8.60. The summed E-state index contributed by atoms with van der Waals surface area (Å²) in [4.78, 5) is 0. The summed E-state index contributed by atoms with van der Waals surface area (Å²) >= 11 is 6.08. The van der Waals surface area contributed by atoms with Crippen molar-refractivity contribution in [1.82, 2.24) is 0 Å². The molecule has 0 saturated heterocycles. The predicted molar refractivity (Wildman–Crippen MR) is 86.1 cm³/mol. The minimum absolute atomic E-state index is 0.287. The van der Waals surface area contributed by atoms with Gasteiger partial charge in [-0.25, -0.2) is 4.39 Å². The number of unbranched alkanes of at least 4 members (excludes halogenated alkanes) is 1. The third-order valence-corrected chi connectivity index (χ3v) is 5.21. The topological polar surface area (TPSA) is 20.2 Å². The fourth-order valence-corrected chi connectivity index (χ4v) is 3.64. The van der Waals surface area contributed by atoms with E-state index in [0.717, 1.165) is 24.3 Å². The molecule has 0 heterocycles. The van der Waals surface area contributed by atoms with Gasteiger partial charge < -0.3 is 5.11 Å². The largest absolute Gasteiger partial charge is 0.392 e. The van der Waals surface area contributed by atoms with Crippen LogP contribution in [0, 0.1) is 17.7 Å². The van der Waals surface area contributed by atoms with Gasteiger partial charge in [0.25, 0.3) is 0 Å². The fourth-order valence-electron chi connectivity index (χ4n) is 3.45. The van der Waals surface area contributed by atoms with Crippen LogP contribution in [0.15, 0.2) is 18.2 Å². The second-order valence-electron chi connectivity index (χ2n) is 6.43. The molecule has 1 N–H and O–H groups in total. The molecule has 0 spiro atoms. The molecule has 0 radical (unpaired) electrons. The molecule has 1 aliphatic carbocycles. The van der Waals surface area contributed by atoms with E-state index < -0.39 is 6.10 Å². The Morgan fingerprint density at radius 3 is 2.67 bits per heavy atom. The Kier molecular flexibility index (Phi) is 6.50. The summed E-state index contributed by atoms with van der Waals surface area (Å²) in [6, 6.07) is 4.37. The van der Waals surface area contributed by atoms with Crippen LogP contribution in [0.3, 0.4) is 0 Å². The first-order valence-electron chi connectivity index (χ1n) is 8.22. The van der Waals surface area contributed by atoms with E-state index in [1.807, 2.05) is 0 Å². The van der Waals surface area contributed by atoms with Gasteiger partial charge in [-0.15, -0.1) is 0 Å². The van der Waals surface area contributed by atoms with E-state index >= 15 is 0 Å². The van der Waals surface area contributed by atoms with E-state index in [1.165, 1.54) is 44.2 Å². The summed E-state index contributed by atoms with van der Waals surface area (Å²) in [5.41, 5.74) is 0.720. The Hall–Kier alpha value is -0.600. The third-order valence-electron chi connectivity index (χ3n) is 4.84. The second-order valence-corrected chi connectivity index (χ2v) is 6.84. The number of hydrogen-bond donors (Lipinski definition) is 1. The number of benzene rings is 1. The van der Waals surface area contributed by atoms with Crippen molar-refractivity contribution in [2.24, 2.45) is 11.8 Å². The van der Waals surface area contributed by atoms with Crippen LogP contribution >= 0.6 is 11.6 Å². The molecule has 1 fully saturated rings. The van der Waals surface area contributed by atoms with Gasteiger partial charge in [0.2, 0.25) is 0 Å². The molecule has 1 saturated carbocycles. The van der Waals surface area contributed by atoms with Crippen LogP contribution in [0.25, 0.3) is 0 Å². The van der Waals surface area contributed by atoms with E-state index in [9.17, 15) is 9.50 Å². The normalized spacial score (nSPS) is 24.0. The fraction of sp³-hybridized carbons (Fsp3) is 0.667. The molecule has 1 atom stereocenters. The summed E-state index contributed by atoms with van der Waals surface area (Å²) < 4.78 is 13.3. The number of halogens is 2. The lowest BCUT2D eigenvalue weighted by Crippen LogP contribution is -2.27. The Bertz CT molecular complexity index is 441. The standard InChI is InChI=1S/C18H26ClFO/c1-2-3-4-13-5-7-14(8-6-13)18(21)12-15-11-16(20)9-10-17(15)19/h9-11,13-14,18,21H,2-8,12H2,1H3. The molecule has 0 aliphatic heterocycles. The van der Waals surface area contributed by atoms with Gasteiger partial charge in [-0.05, 0) is 48.4 Å². The summed E-state index contributed by atoms with van der Waals surface area (Å²) in [6.07, 6.45) is 8.58. The molecule has 21 heavy (non-hydrogen) atoms. The lowest BCUT2D eigenvalue weighted by atomic mass is 9.76. The van der Waals surface area contributed by atoms with E-state index in [0.29, 0.717) is 17.4 Å². The highest BCUT2D eigenvalue weighted by atomic mass is 35.5. The monoisotopic (exact) mass is 312 g/mol. The zero-order valence-electron chi connectivity index (χ0n) is 12.8. The molecule has 0 aromatic heterocycles. The highest BCUT2D eigenvalue weighted by Crippen LogP contribution is 2.34. The number of aliphatic hydroxyl groups excluding tert-OH is 1. The number of hydrogen-bond acceptors (Lipinski definition) is 1. The van der Waals surface area contributed by atoms with Crippen molar-refractivity contribution in [3.8, 4) is 0 Å².